The van der Waals surface area contributed by atoms with Gasteiger partial charge in [-0.1, -0.05) is 19.1 Å². The van der Waals surface area contributed by atoms with Crippen molar-refractivity contribution in [3.8, 4) is 5.69 Å². The van der Waals surface area contributed by atoms with Gasteiger partial charge in [-0.05, 0) is 75.7 Å². The van der Waals surface area contributed by atoms with E-state index < -0.39 is 0 Å². The van der Waals surface area contributed by atoms with Gasteiger partial charge in [0.05, 0.1) is 5.69 Å². The van der Waals surface area contributed by atoms with Crippen LogP contribution in [0.1, 0.15) is 53.5 Å². The summed E-state index contributed by atoms with van der Waals surface area (Å²) < 4.78 is 2.02. The van der Waals surface area contributed by atoms with Crippen LogP contribution in [-0.2, 0) is 19.3 Å². The van der Waals surface area contributed by atoms with Gasteiger partial charge in [0.2, 0.25) is 0 Å². The summed E-state index contributed by atoms with van der Waals surface area (Å²) in [5, 5.41) is 8.07. The first-order valence-corrected chi connectivity index (χ1v) is 10.3. The van der Waals surface area contributed by atoms with Crippen molar-refractivity contribution in [2.45, 2.75) is 45.4 Å². The molecule has 1 aliphatic heterocycles. The van der Waals surface area contributed by atoms with Gasteiger partial charge in [0.25, 0.3) is 5.91 Å². The molecule has 1 aliphatic carbocycles. The smallest absolute Gasteiger partial charge is 0.274 e. The Balaban J connectivity index is 1.62. The molecule has 1 fully saturated rings. The highest BCUT2D eigenvalue weighted by Gasteiger charge is 2.31. The number of hydrogen-bond donors (Lipinski definition) is 1. The maximum atomic E-state index is 13.3. The predicted molar refractivity (Wildman–Crippen MR) is 108 cm³/mol. The van der Waals surface area contributed by atoms with Crippen LogP contribution in [0, 0.1) is 5.92 Å². The lowest BCUT2D eigenvalue weighted by Crippen LogP contribution is -2.42. The number of hydrogen-bond acceptors (Lipinski definition) is 3. The van der Waals surface area contributed by atoms with Gasteiger partial charge in [-0.3, -0.25) is 4.79 Å². The molecule has 0 radical (unpaired) electrons. The van der Waals surface area contributed by atoms with Crippen molar-refractivity contribution < 1.29 is 4.79 Å². The Morgan fingerprint density at radius 1 is 1.22 bits per heavy atom. The molecule has 2 heterocycles. The first-order valence-electron chi connectivity index (χ1n) is 10.3. The Bertz CT molecular complexity index is 806. The third kappa shape index (κ3) is 3.53. The zero-order chi connectivity index (χ0) is 18.8. The van der Waals surface area contributed by atoms with E-state index in [2.05, 4.69) is 36.5 Å². The van der Waals surface area contributed by atoms with E-state index in [9.17, 15) is 4.79 Å². The zero-order valence-electron chi connectivity index (χ0n) is 16.5. The number of fused-ring (bicyclic) bond motifs is 1. The second-order valence-corrected chi connectivity index (χ2v) is 7.88. The summed E-state index contributed by atoms with van der Waals surface area (Å²) in [6, 6.07) is 8.57. The minimum Gasteiger partial charge on any atom is -0.337 e. The van der Waals surface area contributed by atoms with Crippen LogP contribution in [0.15, 0.2) is 24.3 Å². The van der Waals surface area contributed by atoms with Gasteiger partial charge < -0.3 is 10.2 Å². The average Bonchev–Trinajstić information content (AvgIpc) is 3.31. The standard InChI is InChI=1S/C22H30N4O/c1-3-16-9-11-18(12-10-16)26-20-8-4-7-19(20)21(24-26)22(27)25-13-5-6-17(15-25)14-23-2/h9-12,17,23H,3-8,13-15H2,1-2H3. The fourth-order valence-corrected chi connectivity index (χ4v) is 4.55. The first kappa shape index (κ1) is 18.2. The van der Waals surface area contributed by atoms with Crippen LogP contribution in [0.3, 0.4) is 0 Å². The highest BCUT2D eigenvalue weighted by atomic mass is 16.2. The molecule has 5 nitrogen and oxygen atoms in total. The van der Waals surface area contributed by atoms with E-state index in [1.165, 1.54) is 23.2 Å². The van der Waals surface area contributed by atoms with Gasteiger partial charge in [-0.25, -0.2) is 4.68 Å². The van der Waals surface area contributed by atoms with E-state index >= 15 is 0 Å². The number of aromatic nitrogens is 2. The van der Waals surface area contributed by atoms with Gasteiger partial charge in [0.1, 0.15) is 0 Å². The van der Waals surface area contributed by atoms with Crippen LogP contribution in [0.25, 0.3) is 5.69 Å². The molecule has 1 atom stereocenters. The van der Waals surface area contributed by atoms with E-state index in [1.54, 1.807) is 0 Å². The zero-order valence-corrected chi connectivity index (χ0v) is 16.5. The quantitative estimate of drug-likeness (QED) is 0.885. The van der Waals surface area contributed by atoms with E-state index in [0.717, 1.165) is 57.4 Å². The molecule has 1 N–H and O–H groups in total. The van der Waals surface area contributed by atoms with Crippen LogP contribution in [0.4, 0.5) is 0 Å². The Morgan fingerprint density at radius 3 is 2.78 bits per heavy atom. The highest BCUT2D eigenvalue weighted by molar-refractivity contribution is 5.94. The second kappa shape index (κ2) is 7.85. The van der Waals surface area contributed by atoms with E-state index in [0.29, 0.717) is 11.6 Å². The topological polar surface area (TPSA) is 50.2 Å². The molecule has 27 heavy (non-hydrogen) atoms. The number of benzene rings is 1. The van der Waals surface area contributed by atoms with Crippen LogP contribution in [0.5, 0.6) is 0 Å². The van der Waals surface area contributed by atoms with E-state index in [1.807, 2.05) is 16.6 Å². The van der Waals surface area contributed by atoms with Crippen LogP contribution >= 0.6 is 0 Å². The molecular weight excluding hydrogens is 336 g/mol. The van der Waals surface area contributed by atoms with Crippen molar-refractivity contribution in [2.24, 2.45) is 5.92 Å². The van der Waals surface area contributed by atoms with Gasteiger partial charge in [0.15, 0.2) is 5.69 Å². The number of nitrogens with zero attached hydrogens (tertiary/aromatic N) is 3. The number of rotatable bonds is 5. The van der Waals surface area contributed by atoms with E-state index in [4.69, 9.17) is 5.10 Å². The molecule has 2 aromatic rings. The summed E-state index contributed by atoms with van der Waals surface area (Å²) in [6.45, 7) is 4.83. The fraction of sp³-hybridized carbons (Fsp3) is 0.545. The molecule has 4 rings (SSSR count). The SMILES string of the molecule is CCc1ccc(-n2nc(C(=O)N3CCCC(CNC)C3)c3c2CCC3)cc1. The lowest BCUT2D eigenvalue weighted by molar-refractivity contribution is 0.0666. The summed E-state index contributed by atoms with van der Waals surface area (Å²) in [5.41, 5.74) is 5.48. The van der Waals surface area contributed by atoms with Gasteiger partial charge in [0, 0.05) is 24.3 Å². The molecular formula is C22H30N4O. The normalized spacial score (nSPS) is 19.3. The summed E-state index contributed by atoms with van der Waals surface area (Å²) in [5.74, 6) is 0.669. The summed E-state index contributed by atoms with van der Waals surface area (Å²) in [4.78, 5) is 15.3. The summed E-state index contributed by atoms with van der Waals surface area (Å²) in [6.07, 6.45) is 6.40. The highest BCUT2D eigenvalue weighted by Crippen LogP contribution is 2.29. The molecule has 2 aliphatic rings. The van der Waals surface area contributed by atoms with Crippen LogP contribution < -0.4 is 5.32 Å². The maximum Gasteiger partial charge on any atom is 0.274 e. The Hall–Kier alpha value is -2.14. The third-order valence-corrected chi connectivity index (χ3v) is 6.02. The van der Waals surface area contributed by atoms with Crippen molar-refractivity contribution in [2.75, 3.05) is 26.7 Å². The largest absolute Gasteiger partial charge is 0.337 e. The number of carbonyl (C=O) groups excluding carboxylic acids is 1. The lowest BCUT2D eigenvalue weighted by Gasteiger charge is -2.32. The van der Waals surface area contributed by atoms with Gasteiger partial charge in [-0.15, -0.1) is 0 Å². The van der Waals surface area contributed by atoms with Gasteiger partial charge in [-0.2, -0.15) is 5.10 Å². The van der Waals surface area contributed by atoms with Crippen LogP contribution in [-0.4, -0.2) is 47.3 Å². The molecule has 1 aromatic carbocycles. The molecule has 5 heteroatoms. The molecule has 1 saturated heterocycles. The van der Waals surface area contributed by atoms with Gasteiger partial charge >= 0.3 is 0 Å². The number of amides is 1. The number of likely N-dealkylation sites (tertiary alicyclic amines) is 1. The molecule has 0 bridgehead atoms. The molecule has 1 unspecified atom stereocenters. The van der Waals surface area contributed by atoms with Crippen molar-refractivity contribution in [3.63, 3.8) is 0 Å². The number of carbonyl (C=O) groups is 1. The molecule has 1 aromatic heterocycles. The van der Waals surface area contributed by atoms with Crippen molar-refractivity contribution in [3.05, 3.63) is 46.8 Å². The predicted octanol–water partition coefficient (Wildman–Crippen LogP) is 3.00. The minimum atomic E-state index is 0.123. The lowest BCUT2D eigenvalue weighted by atomic mass is 9.97. The van der Waals surface area contributed by atoms with Crippen LogP contribution in [0.2, 0.25) is 0 Å². The number of nitrogens with one attached hydrogen (secondary N) is 1. The fourth-order valence-electron chi connectivity index (χ4n) is 4.55. The monoisotopic (exact) mass is 366 g/mol. The van der Waals surface area contributed by atoms with Crippen molar-refractivity contribution >= 4 is 5.91 Å². The van der Waals surface area contributed by atoms with Crippen molar-refractivity contribution in [1.29, 1.82) is 0 Å². The van der Waals surface area contributed by atoms with E-state index in [-0.39, 0.29) is 5.91 Å². The summed E-state index contributed by atoms with van der Waals surface area (Å²) >= 11 is 0. The Morgan fingerprint density at radius 2 is 2.04 bits per heavy atom. The molecule has 0 saturated carbocycles. The number of piperidine rings is 1. The first-order chi connectivity index (χ1) is 13.2. The average molecular weight is 367 g/mol. The molecule has 0 spiro atoms. The number of aryl methyl sites for hydroxylation is 1. The Kier molecular flexibility index (Phi) is 5.30. The van der Waals surface area contributed by atoms with Crippen molar-refractivity contribution in [1.82, 2.24) is 20.0 Å². The third-order valence-electron chi connectivity index (χ3n) is 6.02. The minimum absolute atomic E-state index is 0.123. The second-order valence-electron chi connectivity index (χ2n) is 7.88. The Labute approximate surface area is 161 Å². The molecule has 144 valence electrons. The summed E-state index contributed by atoms with van der Waals surface area (Å²) in [7, 11) is 1.99. The maximum absolute atomic E-state index is 13.3. The molecule has 1 amide bonds.